The average molecular weight is 285 g/mol. The van der Waals surface area contributed by atoms with Crippen molar-refractivity contribution in [3.8, 4) is 0 Å². The molecule has 0 aliphatic rings. The molecule has 21 heavy (non-hydrogen) atoms. The first kappa shape index (κ1) is 15.3. The van der Waals surface area contributed by atoms with Gasteiger partial charge in [0.15, 0.2) is 0 Å². The summed E-state index contributed by atoms with van der Waals surface area (Å²) in [7, 11) is 0. The van der Waals surface area contributed by atoms with E-state index in [4.69, 9.17) is 5.73 Å². The number of rotatable bonds is 7. The predicted molar refractivity (Wildman–Crippen MR) is 88.0 cm³/mol. The molecule has 2 rings (SSSR count). The van der Waals surface area contributed by atoms with Crippen molar-refractivity contribution in [1.29, 1.82) is 0 Å². The van der Waals surface area contributed by atoms with Crippen molar-refractivity contribution < 1.29 is 0 Å². The second-order valence-corrected chi connectivity index (χ2v) is 5.24. The van der Waals surface area contributed by atoms with E-state index in [1.54, 1.807) is 6.20 Å². The highest BCUT2D eigenvalue weighted by atomic mass is 15.1. The van der Waals surface area contributed by atoms with E-state index in [9.17, 15) is 0 Å². The van der Waals surface area contributed by atoms with Crippen molar-refractivity contribution in [2.75, 3.05) is 23.7 Å². The van der Waals surface area contributed by atoms with Crippen LogP contribution in [-0.4, -0.2) is 23.1 Å². The summed E-state index contributed by atoms with van der Waals surface area (Å²) >= 11 is 0. The SMILES string of the molecule is CC(C)c1ccc(Nc2nccc(NCCCN)n2)cc1. The van der Waals surface area contributed by atoms with Gasteiger partial charge in [-0.3, -0.25) is 0 Å². The summed E-state index contributed by atoms with van der Waals surface area (Å²) in [5, 5.41) is 6.44. The second-order valence-electron chi connectivity index (χ2n) is 5.24. The second kappa shape index (κ2) is 7.59. The monoisotopic (exact) mass is 285 g/mol. The van der Waals surface area contributed by atoms with E-state index in [-0.39, 0.29) is 0 Å². The Kier molecular flexibility index (Phi) is 5.51. The highest BCUT2D eigenvalue weighted by Crippen LogP contribution is 2.19. The molecule has 0 atom stereocenters. The Bertz CT molecular complexity index is 551. The maximum Gasteiger partial charge on any atom is 0.229 e. The van der Waals surface area contributed by atoms with Crippen molar-refractivity contribution in [1.82, 2.24) is 9.97 Å². The van der Waals surface area contributed by atoms with E-state index < -0.39 is 0 Å². The van der Waals surface area contributed by atoms with Gasteiger partial charge in [-0.15, -0.1) is 0 Å². The molecule has 0 bridgehead atoms. The maximum atomic E-state index is 5.47. The van der Waals surface area contributed by atoms with Gasteiger partial charge in [-0.1, -0.05) is 26.0 Å². The summed E-state index contributed by atoms with van der Waals surface area (Å²) in [6.45, 7) is 5.85. The molecular formula is C16H23N5. The van der Waals surface area contributed by atoms with E-state index >= 15 is 0 Å². The van der Waals surface area contributed by atoms with Crippen LogP contribution in [0.2, 0.25) is 0 Å². The molecule has 1 aromatic carbocycles. The third kappa shape index (κ3) is 4.72. The molecule has 1 heterocycles. The third-order valence-corrected chi connectivity index (χ3v) is 3.18. The Hall–Kier alpha value is -2.14. The van der Waals surface area contributed by atoms with Crippen LogP contribution < -0.4 is 16.4 Å². The van der Waals surface area contributed by atoms with Crippen molar-refractivity contribution in [2.24, 2.45) is 5.73 Å². The lowest BCUT2D eigenvalue weighted by Crippen LogP contribution is -2.10. The first-order valence-corrected chi connectivity index (χ1v) is 7.33. The zero-order chi connectivity index (χ0) is 15.1. The first-order chi connectivity index (χ1) is 10.2. The van der Waals surface area contributed by atoms with Crippen LogP contribution in [-0.2, 0) is 0 Å². The first-order valence-electron chi connectivity index (χ1n) is 7.33. The van der Waals surface area contributed by atoms with E-state index in [0.29, 0.717) is 18.4 Å². The van der Waals surface area contributed by atoms with Gasteiger partial charge in [-0.05, 0) is 42.6 Å². The number of anilines is 3. The number of nitrogens with zero attached hydrogens (tertiary/aromatic N) is 2. The van der Waals surface area contributed by atoms with Crippen LogP contribution in [0.3, 0.4) is 0 Å². The molecule has 0 radical (unpaired) electrons. The van der Waals surface area contributed by atoms with Gasteiger partial charge in [-0.25, -0.2) is 4.98 Å². The molecule has 5 heteroatoms. The van der Waals surface area contributed by atoms with Crippen LogP contribution in [0, 0.1) is 0 Å². The maximum absolute atomic E-state index is 5.47. The van der Waals surface area contributed by atoms with E-state index in [2.05, 4.69) is 46.6 Å². The molecule has 0 aliphatic heterocycles. The molecule has 112 valence electrons. The lowest BCUT2D eigenvalue weighted by Gasteiger charge is -2.09. The van der Waals surface area contributed by atoms with Crippen LogP contribution >= 0.6 is 0 Å². The van der Waals surface area contributed by atoms with Gasteiger partial charge in [0.05, 0.1) is 0 Å². The molecule has 2 aromatic rings. The zero-order valence-corrected chi connectivity index (χ0v) is 12.6. The van der Waals surface area contributed by atoms with Crippen LogP contribution in [0.1, 0.15) is 31.7 Å². The lowest BCUT2D eigenvalue weighted by atomic mass is 10.0. The Morgan fingerprint density at radius 3 is 2.57 bits per heavy atom. The van der Waals surface area contributed by atoms with Crippen molar-refractivity contribution in [2.45, 2.75) is 26.2 Å². The normalized spacial score (nSPS) is 10.7. The quantitative estimate of drug-likeness (QED) is 0.681. The molecule has 0 aliphatic carbocycles. The summed E-state index contributed by atoms with van der Waals surface area (Å²) in [6, 6.07) is 10.2. The number of hydrogen-bond donors (Lipinski definition) is 3. The van der Waals surface area contributed by atoms with Gasteiger partial charge in [-0.2, -0.15) is 4.98 Å². The molecule has 5 nitrogen and oxygen atoms in total. The van der Waals surface area contributed by atoms with Gasteiger partial charge in [0.25, 0.3) is 0 Å². The molecule has 0 saturated carbocycles. The number of hydrogen-bond acceptors (Lipinski definition) is 5. The molecule has 4 N–H and O–H groups in total. The van der Waals surface area contributed by atoms with Gasteiger partial charge < -0.3 is 16.4 Å². The van der Waals surface area contributed by atoms with Crippen LogP contribution in [0.5, 0.6) is 0 Å². The third-order valence-electron chi connectivity index (χ3n) is 3.18. The minimum atomic E-state index is 0.533. The van der Waals surface area contributed by atoms with E-state index in [1.807, 2.05) is 18.2 Å². The van der Waals surface area contributed by atoms with Gasteiger partial charge in [0.2, 0.25) is 5.95 Å². The summed E-state index contributed by atoms with van der Waals surface area (Å²) in [6.07, 6.45) is 2.66. The fraction of sp³-hybridized carbons (Fsp3) is 0.375. The van der Waals surface area contributed by atoms with Crippen LogP contribution in [0.25, 0.3) is 0 Å². The fourth-order valence-corrected chi connectivity index (χ4v) is 1.92. The summed E-state index contributed by atoms with van der Waals surface area (Å²) in [5.41, 5.74) is 7.78. The molecular weight excluding hydrogens is 262 g/mol. The van der Waals surface area contributed by atoms with Gasteiger partial charge in [0.1, 0.15) is 5.82 Å². The summed E-state index contributed by atoms with van der Waals surface area (Å²) < 4.78 is 0. The van der Waals surface area contributed by atoms with Crippen molar-refractivity contribution in [3.63, 3.8) is 0 Å². The van der Waals surface area contributed by atoms with Crippen LogP contribution in [0.15, 0.2) is 36.5 Å². The highest BCUT2D eigenvalue weighted by molar-refractivity contribution is 5.55. The minimum Gasteiger partial charge on any atom is -0.370 e. The van der Waals surface area contributed by atoms with Gasteiger partial charge in [0, 0.05) is 18.4 Å². The molecule has 0 fully saturated rings. The lowest BCUT2D eigenvalue weighted by molar-refractivity contribution is 0.867. The Balaban J connectivity index is 2.00. The Morgan fingerprint density at radius 2 is 1.90 bits per heavy atom. The summed E-state index contributed by atoms with van der Waals surface area (Å²) in [5.74, 6) is 1.93. The average Bonchev–Trinajstić information content (AvgIpc) is 2.48. The fourth-order valence-electron chi connectivity index (χ4n) is 1.92. The van der Waals surface area contributed by atoms with Crippen molar-refractivity contribution in [3.05, 3.63) is 42.1 Å². The summed E-state index contributed by atoms with van der Waals surface area (Å²) in [4.78, 5) is 8.66. The Morgan fingerprint density at radius 1 is 1.14 bits per heavy atom. The standard InChI is InChI=1S/C16H23N5/c1-12(2)13-4-6-14(7-5-13)20-16-19-11-8-15(21-16)18-10-3-9-17/h4-8,11-12H,3,9-10,17H2,1-2H3,(H2,18,19,20,21). The molecule has 0 amide bonds. The molecule has 0 unspecified atom stereocenters. The molecule has 0 saturated heterocycles. The number of nitrogens with two attached hydrogens (primary N) is 1. The van der Waals surface area contributed by atoms with E-state index in [1.165, 1.54) is 5.56 Å². The highest BCUT2D eigenvalue weighted by Gasteiger charge is 2.02. The number of nitrogens with one attached hydrogen (secondary N) is 2. The minimum absolute atomic E-state index is 0.533. The number of aromatic nitrogens is 2. The smallest absolute Gasteiger partial charge is 0.229 e. The van der Waals surface area contributed by atoms with Gasteiger partial charge >= 0.3 is 0 Å². The topological polar surface area (TPSA) is 75.9 Å². The largest absolute Gasteiger partial charge is 0.370 e. The predicted octanol–water partition coefficient (Wildman–Crippen LogP) is 3.10. The van der Waals surface area contributed by atoms with Crippen LogP contribution in [0.4, 0.5) is 17.5 Å². The Labute approximate surface area is 126 Å². The molecule has 0 spiro atoms. The van der Waals surface area contributed by atoms with E-state index in [0.717, 1.165) is 24.5 Å². The van der Waals surface area contributed by atoms with Crippen molar-refractivity contribution >= 4 is 17.5 Å². The molecule has 1 aromatic heterocycles. The zero-order valence-electron chi connectivity index (χ0n) is 12.6. The number of benzene rings is 1.